The Kier molecular flexibility index (Phi) is 6.59. The quantitative estimate of drug-likeness (QED) is 0.715. The summed E-state index contributed by atoms with van der Waals surface area (Å²) in [4.78, 5) is 28.7. The number of likely N-dealkylation sites (tertiary alicyclic amines) is 2. The molecule has 1 aromatic heterocycles. The number of nitrogens with zero attached hydrogens (tertiary/aromatic N) is 4. The number of benzene rings is 1. The molecule has 2 saturated heterocycles. The molecular weight excluding hydrogens is 392 g/mol. The number of aromatic nitrogens is 2. The van der Waals surface area contributed by atoms with E-state index in [1.807, 2.05) is 53.3 Å². The molecule has 2 aliphatic rings. The van der Waals surface area contributed by atoms with Crippen LogP contribution in [0.25, 0.3) is 0 Å². The first kappa shape index (κ1) is 21.4. The number of carbonyl (C=O) groups is 2. The van der Waals surface area contributed by atoms with E-state index in [0.717, 1.165) is 44.8 Å². The van der Waals surface area contributed by atoms with Crippen molar-refractivity contribution in [2.45, 2.75) is 33.2 Å². The van der Waals surface area contributed by atoms with Gasteiger partial charge >= 0.3 is 0 Å². The molecule has 31 heavy (non-hydrogen) atoms. The fraction of sp³-hybridized carbons (Fsp3) is 0.542. The topological polar surface area (TPSA) is 67.7 Å². The molecule has 0 spiro atoms. The van der Waals surface area contributed by atoms with Crippen molar-refractivity contribution in [3.63, 3.8) is 0 Å². The van der Waals surface area contributed by atoms with Gasteiger partial charge in [0.25, 0.3) is 5.91 Å². The Hall–Kier alpha value is -2.83. The van der Waals surface area contributed by atoms with Crippen molar-refractivity contribution >= 4 is 11.8 Å². The zero-order valence-corrected chi connectivity index (χ0v) is 18.4. The molecule has 2 unspecified atom stereocenters. The largest absolute Gasteiger partial charge is 0.493 e. The molecule has 0 aliphatic carbocycles. The summed E-state index contributed by atoms with van der Waals surface area (Å²) in [5, 5.41) is 4.41. The summed E-state index contributed by atoms with van der Waals surface area (Å²) in [6, 6.07) is 11.7. The number of ether oxygens (including phenoxy) is 1. The summed E-state index contributed by atoms with van der Waals surface area (Å²) in [5.41, 5.74) is 0.511. The van der Waals surface area contributed by atoms with Crippen molar-refractivity contribution in [1.29, 1.82) is 0 Å². The average Bonchev–Trinajstić information content (AvgIpc) is 3.45. The van der Waals surface area contributed by atoms with E-state index in [0.29, 0.717) is 30.7 Å². The van der Waals surface area contributed by atoms with E-state index >= 15 is 0 Å². The molecule has 0 radical (unpaired) electrons. The SMILES string of the molecule is CCn1ccc(C(=O)N2CC(COc3ccccc3)C(C3CCN(C(C)=O)CC3)C2)n1. The van der Waals surface area contributed by atoms with Crippen molar-refractivity contribution < 1.29 is 14.3 Å². The minimum atomic E-state index is 0.000540. The van der Waals surface area contributed by atoms with Crippen molar-refractivity contribution in [1.82, 2.24) is 19.6 Å². The first-order valence-electron chi connectivity index (χ1n) is 11.3. The lowest BCUT2D eigenvalue weighted by Crippen LogP contribution is -2.40. The summed E-state index contributed by atoms with van der Waals surface area (Å²) in [5.74, 6) is 2.14. The highest BCUT2D eigenvalue weighted by Crippen LogP contribution is 2.36. The van der Waals surface area contributed by atoms with Crippen LogP contribution in [-0.2, 0) is 11.3 Å². The molecule has 7 heteroatoms. The van der Waals surface area contributed by atoms with Gasteiger partial charge in [-0.3, -0.25) is 14.3 Å². The van der Waals surface area contributed by atoms with Gasteiger partial charge in [-0.05, 0) is 49.8 Å². The fourth-order valence-electron chi connectivity index (χ4n) is 4.95. The third kappa shape index (κ3) is 4.92. The van der Waals surface area contributed by atoms with E-state index in [1.165, 1.54) is 0 Å². The minimum Gasteiger partial charge on any atom is -0.493 e. The highest BCUT2D eigenvalue weighted by Gasteiger charge is 2.41. The van der Waals surface area contributed by atoms with E-state index in [2.05, 4.69) is 5.10 Å². The van der Waals surface area contributed by atoms with Crippen LogP contribution in [0.15, 0.2) is 42.6 Å². The van der Waals surface area contributed by atoms with Gasteiger partial charge in [-0.15, -0.1) is 0 Å². The van der Waals surface area contributed by atoms with Gasteiger partial charge < -0.3 is 14.5 Å². The van der Waals surface area contributed by atoms with Gasteiger partial charge in [0.2, 0.25) is 5.91 Å². The molecule has 2 amide bonds. The van der Waals surface area contributed by atoms with Crippen LogP contribution in [0.1, 0.15) is 37.2 Å². The zero-order chi connectivity index (χ0) is 21.8. The van der Waals surface area contributed by atoms with E-state index in [-0.39, 0.29) is 17.7 Å². The Morgan fingerprint density at radius 1 is 1.06 bits per heavy atom. The predicted molar refractivity (Wildman–Crippen MR) is 118 cm³/mol. The average molecular weight is 425 g/mol. The molecule has 3 heterocycles. The van der Waals surface area contributed by atoms with Crippen molar-refractivity contribution in [3.05, 3.63) is 48.3 Å². The molecule has 1 aromatic carbocycles. The maximum atomic E-state index is 13.1. The fourth-order valence-corrected chi connectivity index (χ4v) is 4.95. The van der Waals surface area contributed by atoms with Crippen molar-refractivity contribution in [3.8, 4) is 5.75 Å². The van der Waals surface area contributed by atoms with Gasteiger partial charge in [0, 0.05) is 51.8 Å². The molecule has 7 nitrogen and oxygen atoms in total. The summed E-state index contributed by atoms with van der Waals surface area (Å²) in [6.07, 6.45) is 3.82. The number of rotatable bonds is 6. The second-order valence-electron chi connectivity index (χ2n) is 8.66. The number of aryl methyl sites for hydroxylation is 1. The predicted octanol–water partition coefficient (Wildman–Crippen LogP) is 2.93. The van der Waals surface area contributed by atoms with Crippen LogP contribution in [0.2, 0.25) is 0 Å². The smallest absolute Gasteiger partial charge is 0.274 e. The zero-order valence-electron chi connectivity index (χ0n) is 18.4. The van der Waals surface area contributed by atoms with Crippen LogP contribution in [0, 0.1) is 17.8 Å². The van der Waals surface area contributed by atoms with Crippen LogP contribution in [0.4, 0.5) is 0 Å². The van der Waals surface area contributed by atoms with Gasteiger partial charge in [-0.1, -0.05) is 18.2 Å². The summed E-state index contributed by atoms with van der Waals surface area (Å²) < 4.78 is 7.89. The third-order valence-electron chi connectivity index (χ3n) is 6.76. The standard InChI is InChI=1S/C24H32N4O3/c1-3-28-14-11-23(25-28)24(30)27-15-20(17-31-21-7-5-4-6-8-21)22(16-27)19-9-12-26(13-10-19)18(2)29/h4-8,11,14,19-20,22H,3,9-10,12-13,15-17H2,1-2H3. The molecule has 2 atom stereocenters. The van der Waals surface area contributed by atoms with Gasteiger partial charge in [-0.2, -0.15) is 5.10 Å². The molecule has 0 bridgehead atoms. The lowest BCUT2D eigenvalue weighted by atomic mass is 9.78. The number of hydrogen-bond acceptors (Lipinski definition) is 4. The summed E-state index contributed by atoms with van der Waals surface area (Å²) in [6.45, 7) is 8.01. The molecule has 2 aliphatic heterocycles. The van der Waals surface area contributed by atoms with Crippen LogP contribution in [0.5, 0.6) is 5.75 Å². The molecule has 2 fully saturated rings. The Balaban J connectivity index is 1.46. The summed E-state index contributed by atoms with van der Waals surface area (Å²) in [7, 11) is 0. The number of piperidine rings is 1. The Bertz CT molecular complexity index is 889. The number of para-hydroxylation sites is 1. The highest BCUT2D eigenvalue weighted by atomic mass is 16.5. The van der Waals surface area contributed by atoms with Gasteiger partial charge in [0.1, 0.15) is 11.4 Å². The normalized spacial score (nSPS) is 22.0. The van der Waals surface area contributed by atoms with Crippen molar-refractivity contribution in [2.24, 2.45) is 17.8 Å². The molecular formula is C24H32N4O3. The molecule has 166 valence electrons. The second-order valence-corrected chi connectivity index (χ2v) is 8.66. The highest BCUT2D eigenvalue weighted by molar-refractivity contribution is 5.92. The van der Waals surface area contributed by atoms with Gasteiger partial charge in [0.15, 0.2) is 0 Å². The Labute approximate surface area is 184 Å². The Morgan fingerprint density at radius 3 is 2.45 bits per heavy atom. The number of hydrogen-bond donors (Lipinski definition) is 0. The maximum absolute atomic E-state index is 13.1. The monoisotopic (exact) mass is 424 g/mol. The molecule has 2 aromatic rings. The lowest BCUT2D eigenvalue weighted by molar-refractivity contribution is -0.130. The van der Waals surface area contributed by atoms with E-state index in [1.54, 1.807) is 17.7 Å². The number of carbonyl (C=O) groups excluding carboxylic acids is 2. The van der Waals surface area contributed by atoms with Crippen molar-refractivity contribution in [2.75, 3.05) is 32.8 Å². The minimum absolute atomic E-state index is 0.000540. The second kappa shape index (κ2) is 9.54. The van der Waals surface area contributed by atoms with Crippen LogP contribution in [0.3, 0.4) is 0 Å². The third-order valence-corrected chi connectivity index (χ3v) is 6.76. The summed E-state index contributed by atoms with van der Waals surface area (Å²) >= 11 is 0. The van der Waals surface area contributed by atoms with Crippen LogP contribution >= 0.6 is 0 Å². The van der Waals surface area contributed by atoms with Gasteiger partial charge in [0.05, 0.1) is 6.61 Å². The van der Waals surface area contributed by atoms with Crippen LogP contribution < -0.4 is 4.74 Å². The molecule has 0 N–H and O–H groups in total. The first-order chi connectivity index (χ1) is 15.0. The Morgan fingerprint density at radius 2 is 1.81 bits per heavy atom. The first-order valence-corrected chi connectivity index (χ1v) is 11.3. The maximum Gasteiger partial charge on any atom is 0.274 e. The molecule has 0 saturated carbocycles. The number of amides is 2. The van der Waals surface area contributed by atoms with E-state index < -0.39 is 0 Å². The molecule has 4 rings (SSSR count). The van der Waals surface area contributed by atoms with Gasteiger partial charge in [-0.25, -0.2) is 0 Å². The lowest BCUT2D eigenvalue weighted by Gasteiger charge is -2.36. The van der Waals surface area contributed by atoms with E-state index in [4.69, 9.17) is 4.74 Å². The van der Waals surface area contributed by atoms with E-state index in [9.17, 15) is 9.59 Å². The van der Waals surface area contributed by atoms with Crippen LogP contribution in [-0.4, -0.2) is 64.2 Å².